The molecule has 0 bridgehead atoms. The summed E-state index contributed by atoms with van der Waals surface area (Å²) in [4.78, 5) is 10.5. The first-order valence-electron chi connectivity index (χ1n) is 8.32. The smallest absolute Gasteiger partial charge is 0.209 e. The van der Waals surface area contributed by atoms with E-state index in [1.807, 2.05) is 0 Å². The molecule has 0 radical (unpaired) electrons. The van der Waals surface area contributed by atoms with Gasteiger partial charge in [0, 0.05) is 30.9 Å². The monoisotopic (exact) mass is 301 g/mol. The van der Waals surface area contributed by atoms with Gasteiger partial charge in [-0.1, -0.05) is 13.0 Å². The first-order chi connectivity index (χ1) is 10.4. The first-order valence-corrected chi connectivity index (χ1v) is 8.32. The topological polar surface area (TPSA) is 43.1 Å². The van der Waals surface area contributed by atoms with Crippen LogP contribution in [0, 0.1) is 0 Å². The Morgan fingerprint density at radius 2 is 1.95 bits per heavy atom. The summed E-state index contributed by atoms with van der Waals surface area (Å²) in [6.07, 6.45) is 3.88. The van der Waals surface area contributed by atoms with E-state index in [9.17, 15) is 9.90 Å². The molecule has 3 heteroatoms. The fraction of sp³-hybridized carbons (Fsp3) is 0.579. The molecule has 0 spiro atoms. The molecule has 0 unspecified atom stereocenters. The van der Waals surface area contributed by atoms with Gasteiger partial charge in [0.15, 0.2) is 5.71 Å². The maximum atomic E-state index is 10.5. The van der Waals surface area contributed by atoms with Gasteiger partial charge in [-0.15, -0.1) is 0 Å². The molecular weight excluding hydrogens is 274 g/mol. The minimum Gasteiger partial charge on any atom is -0.550 e. The second kappa shape index (κ2) is 6.64. The van der Waals surface area contributed by atoms with Crippen molar-refractivity contribution in [3.05, 3.63) is 29.3 Å². The number of hydrogen-bond donors (Lipinski definition) is 0. The van der Waals surface area contributed by atoms with E-state index in [0.717, 1.165) is 25.8 Å². The fourth-order valence-corrected chi connectivity index (χ4v) is 3.26. The molecule has 0 N–H and O–H groups in total. The van der Waals surface area contributed by atoms with Gasteiger partial charge in [-0.05, 0) is 51.2 Å². The molecule has 0 aromatic heterocycles. The summed E-state index contributed by atoms with van der Waals surface area (Å²) in [5, 5.41) is 10.5. The van der Waals surface area contributed by atoms with Crippen LogP contribution in [-0.2, 0) is 16.6 Å². The molecule has 1 aromatic carbocycles. The number of carboxylic acid groups (broad SMARTS) is 1. The molecule has 1 heterocycles. The van der Waals surface area contributed by atoms with Gasteiger partial charge in [0.2, 0.25) is 5.69 Å². The highest BCUT2D eigenvalue weighted by molar-refractivity contribution is 5.93. The van der Waals surface area contributed by atoms with Crippen LogP contribution in [0.3, 0.4) is 0 Å². The lowest BCUT2D eigenvalue weighted by atomic mass is 9.81. The second-order valence-electron chi connectivity index (χ2n) is 6.75. The summed E-state index contributed by atoms with van der Waals surface area (Å²) >= 11 is 0. The largest absolute Gasteiger partial charge is 0.550 e. The number of unbranched alkanes of at least 4 members (excludes halogenated alkanes) is 2. The van der Waals surface area contributed by atoms with E-state index in [4.69, 9.17) is 0 Å². The first kappa shape index (κ1) is 16.7. The summed E-state index contributed by atoms with van der Waals surface area (Å²) in [5.74, 6) is -0.942. The normalized spacial score (nSPS) is 16.0. The number of aryl methyl sites for hydroxylation is 1. The van der Waals surface area contributed by atoms with Gasteiger partial charge in [0.1, 0.15) is 6.54 Å². The predicted molar refractivity (Wildman–Crippen MR) is 87.8 cm³/mol. The van der Waals surface area contributed by atoms with Crippen molar-refractivity contribution in [2.45, 2.75) is 65.2 Å². The quantitative estimate of drug-likeness (QED) is 0.574. The van der Waals surface area contributed by atoms with Crippen molar-refractivity contribution in [3.63, 3.8) is 0 Å². The Kier molecular flexibility index (Phi) is 5.05. The van der Waals surface area contributed by atoms with E-state index in [2.05, 4.69) is 50.5 Å². The number of hydrogen-bond acceptors (Lipinski definition) is 2. The number of carbonyl (C=O) groups is 1. The van der Waals surface area contributed by atoms with Crippen molar-refractivity contribution in [1.82, 2.24) is 0 Å². The van der Waals surface area contributed by atoms with E-state index >= 15 is 0 Å². The SMILES string of the molecule is CCc1ccc2c(c1)C(C)(C)C(C)=[N+]2CCCCCC(=O)[O-]. The summed E-state index contributed by atoms with van der Waals surface area (Å²) in [7, 11) is 0. The Hall–Kier alpha value is -1.64. The van der Waals surface area contributed by atoms with Gasteiger partial charge in [0.25, 0.3) is 0 Å². The van der Waals surface area contributed by atoms with Crippen LogP contribution in [0.4, 0.5) is 5.69 Å². The van der Waals surface area contributed by atoms with Crippen LogP contribution in [0.2, 0.25) is 0 Å². The van der Waals surface area contributed by atoms with Gasteiger partial charge < -0.3 is 9.90 Å². The van der Waals surface area contributed by atoms with Crippen LogP contribution in [0.1, 0.15) is 64.5 Å². The molecule has 1 aromatic rings. The molecule has 3 nitrogen and oxygen atoms in total. The summed E-state index contributed by atoms with van der Waals surface area (Å²) in [5.41, 5.74) is 5.58. The lowest BCUT2D eigenvalue weighted by Gasteiger charge is -2.15. The summed E-state index contributed by atoms with van der Waals surface area (Å²) in [6.45, 7) is 9.94. The van der Waals surface area contributed by atoms with Crippen molar-refractivity contribution in [2.24, 2.45) is 0 Å². The van der Waals surface area contributed by atoms with E-state index in [1.165, 1.54) is 22.5 Å². The van der Waals surface area contributed by atoms with Gasteiger partial charge in [-0.2, -0.15) is 4.58 Å². The maximum Gasteiger partial charge on any atom is 0.209 e. The van der Waals surface area contributed by atoms with Crippen LogP contribution >= 0.6 is 0 Å². The van der Waals surface area contributed by atoms with Crippen molar-refractivity contribution in [2.75, 3.05) is 6.54 Å². The average molecular weight is 301 g/mol. The Balaban J connectivity index is 2.12. The Bertz CT molecular complexity index is 599. The van der Waals surface area contributed by atoms with Gasteiger partial charge in [-0.25, -0.2) is 0 Å². The molecular formula is C19H27NO2. The van der Waals surface area contributed by atoms with Gasteiger partial charge >= 0.3 is 0 Å². The number of carboxylic acids is 1. The third-order valence-corrected chi connectivity index (χ3v) is 5.01. The Labute approximate surface area is 133 Å². The fourth-order valence-electron chi connectivity index (χ4n) is 3.26. The zero-order chi connectivity index (χ0) is 16.3. The molecule has 0 atom stereocenters. The number of benzene rings is 1. The molecule has 0 aliphatic carbocycles. The Morgan fingerprint density at radius 3 is 2.59 bits per heavy atom. The molecule has 22 heavy (non-hydrogen) atoms. The van der Waals surface area contributed by atoms with Crippen molar-refractivity contribution in [1.29, 1.82) is 0 Å². The molecule has 0 amide bonds. The number of nitrogens with zero attached hydrogens (tertiary/aromatic N) is 1. The number of rotatable bonds is 7. The zero-order valence-electron chi connectivity index (χ0n) is 14.2. The molecule has 2 rings (SSSR count). The molecule has 0 saturated carbocycles. The minimum absolute atomic E-state index is 0.0749. The van der Waals surface area contributed by atoms with Crippen molar-refractivity contribution < 1.29 is 14.5 Å². The van der Waals surface area contributed by atoms with E-state index < -0.39 is 5.97 Å². The molecule has 120 valence electrons. The van der Waals surface area contributed by atoms with E-state index in [-0.39, 0.29) is 11.8 Å². The van der Waals surface area contributed by atoms with Crippen LogP contribution < -0.4 is 5.11 Å². The van der Waals surface area contributed by atoms with Crippen LogP contribution in [0.15, 0.2) is 18.2 Å². The number of carbonyl (C=O) groups excluding carboxylic acids is 1. The maximum absolute atomic E-state index is 10.5. The van der Waals surface area contributed by atoms with Crippen molar-refractivity contribution in [3.8, 4) is 0 Å². The van der Waals surface area contributed by atoms with Gasteiger partial charge in [0.05, 0.1) is 5.41 Å². The van der Waals surface area contributed by atoms with Crippen molar-refractivity contribution >= 4 is 17.4 Å². The summed E-state index contributed by atoms with van der Waals surface area (Å²) in [6, 6.07) is 6.80. The average Bonchev–Trinajstić information content (AvgIpc) is 2.67. The van der Waals surface area contributed by atoms with E-state index in [0.29, 0.717) is 6.42 Å². The Morgan fingerprint density at radius 1 is 1.23 bits per heavy atom. The lowest BCUT2D eigenvalue weighted by molar-refractivity contribution is -0.439. The molecule has 1 aliphatic rings. The number of aliphatic carboxylic acids is 1. The highest BCUT2D eigenvalue weighted by Crippen LogP contribution is 2.40. The van der Waals surface area contributed by atoms with Crippen LogP contribution in [0.25, 0.3) is 0 Å². The lowest BCUT2D eigenvalue weighted by Crippen LogP contribution is -2.26. The highest BCUT2D eigenvalue weighted by Gasteiger charge is 2.42. The third kappa shape index (κ3) is 3.23. The third-order valence-electron chi connectivity index (χ3n) is 5.01. The van der Waals surface area contributed by atoms with E-state index in [1.54, 1.807) is 0 Å². The number of fused-ring (bicyclic) bond motifs is 1. The predicted octanol–water partition coefficient (Wildman–Crippen LogP) is 2.96. The molecule has 0 fully saturated rings. The molecule has 0 saturated heterocycles. The van der Waals surface area contributed by atoms with Crippen LogP contribution in [0.5, 0.6) is 0 Å². The summed E-state index contributed by atoms with van der Waals surface area (Å²) < 4.78 is 2.41. The highest BCUT2D eigenvalue weighted by atomic mass is 16.4. The minimum atomic E-state index is -0.942. The van der Waals surface area contributed by atoms with Crippen LogP contribution in [-0.4, -0.2) is 22.8 Å². The zero-order valence-corrected chi connectivity index (χ0v) is 14.2. The second-order valence-corrected chi connectivity index (χ2v) is 6.75. The standard InChI is InChI=1S/C19H27NO2/c1-5-15-10-11-17-16(13-15)19(3,4)14(2)20(17)12-8-6-7-9-18(21)22/h10-11,13H,5-9,12H2,1-4H3. The molecule has 1 aliphatic heterocycles. The van der Waals surface area contributed by atoms with Gasteiger partial charge in [-0.3, -0.25) is 0 Å².